The fourth-order valence-electron chi connectivity index (χ4n) is 2.01. The molecule has 0 aliphatic rings. The maximum absolute atomic E-state index is 13.8. The fraction of sp³-hybridized carbons (Fsp3) is 0.188. The Morgan fingerprint density at radius 2 is 1.90 bits per heavy atom. The molecule has 0 radical (unpaired) electrons. The maximum atomic E-state index is 13.8. The van der Waals surface area contributed by atoms with E-state index in [4.69, 9.17) is 5.73 Å². The van der Waals surface area contributed by atoms with Gasteiger partial charge in [0.1, 0.15) is 5.82 Å². The number of hydrogen-bond donors (Lipinski definition) is 1. The average molecular weight is 272 g/mol. The average Bonchev–Trinajstić information content (AvgIpc) is 2.47. The molecule has 1 amide bonds. The molecule has 0 aliphatic heterocycles. The van der Waals surface area contributed by atoms with E-state index in [2.05, 4.69) is 0 Å². The molecule has 0 aliphatic carbocycles. The number of nitrogens with two attached hydrogens (primary N) is 1. The van der Waals surface area contributed by atoms with Crippen molar-refractivity contribution in [1.82, 2.24) is 4.90 Å². The molecule has 104 valence electrons. The Hall–Kier alpha value is -2.36. The first-order valence-electron chi connectivity index (χ1n) is 6.50. The van der Waals surface area contributed by atoms with Crippen molar-refractivity contribution in [3.05, 3.63) is 65.5 Å². The molecule has 3 nitrogen and oxygen atoms in total. The topological polar surface area (TPSA) is 46.3 Å². The Kier molecular flexibility index (Phi) is 4.35. The second-order valence-electron chi connectivity index (χ2n) is 4.54. The minimum atomic E-state index is -0.546. The van der Waals surface area contributed by atoms with E-state index in [1.165, 1.54) is 18.2 Å². The van der Waals surface area contributed by atoms with Crippen LogP contribution in [0.5, 0.6) is 0 Å². The van der Waals surface area contributed by atoms with Crippen molar-refractivity contribution in [3.63, 3.8) is 0 Å². The second kappa shape index (κ2) is 6.19. The lowest BCUT2D eigenvalue weighted by atomic mass is 10.1. The van der Waals surface area contributed by atoms with Crippen molar-refractivity contribution in [2.75, 3.05) is 12.3 Å². The first kappa shape index (κ1) is 14.1. The lowest BCUT2D eigenvalue weighted by molar-refractivity contribution is 0.0748. The van der Waals surface area contributed by atoms with Crippen molar-refractivity contribution in [1.29, 1.82) is 0 Å². The standard InChI is InChI=1S/C16H17FN2O/c1-2-19(11-12-6-4-3-5-7-12)16(20)14-10-13(18)8-9-15(14)17/h3-10H,2,11,18H2,1H3. The number of hydrogen-bond acceptors (Lipinski definition) is 2. The molecular formula is C16H17FN2O. The van der Waals surface area contributed by atoms with Crippen molar-refractivity contribution in [2.24, 2.45) is 0 Å². The summed E-state index contributed by atoms with van der Waals surface area (Å²) in [4.78, 5) is 14.0. The van der Waals surface area contributed by atoms with Crippen LogP contribution in [0.4, 0.5) is 10.1 Å². The van der Waals surface area contributed by atoms with E-state index >= 15 is 0 Å². The molecule has 0 saturated heterocycles. The summed E-state index contributed by atoms with van der Waals surface area (Å²) < 4.78 is 13.8. The minimum Gasteiger partial charge on any atom is -0.399 e. The van der Waals surface area contributed by atoms with Gasteiger partial charge in [0.15, 0.2) is 0 Å². The third kappa shape index (κ3) is 3.15. The highest BCUT2D eigenvalue weighted by Gasteiger charge is 2.18. The quantitative estimate of drug-likeness (QED) is 0.869. The van der Waals surface area contributed by atoms with Crippen LogP contribution in [0.15, 0.2) is 48.5 Å². The van der Waals surface area contributed by atoms with Crippen LogP contribution in [0, 0.1) is 5.82 Å². The van der Waals surface area contributed by atoms with Gasteiger partial charge in [0, 0.05) is 18.8 Å². The molecule has 4 heteroatoms. The van der Waals surface area contributed by atoms with E-state index in [1.807, 2.05) is 37.3 Å². The number of halogens is 1. The first-order chi connectivity index (χ1) is 9.61. The van der Waals surface area contributed by atoms with Crippen LogP contribution in [0.2, 0.25) is 0 Å². The molecule has 0 spiro atoms. The maximum Gasteiger partial charge on any atom is 0.257 e. The van der Waals surface area contributed by atoms with Gasteiger partial charge in [-0.1, -0.05) is 30.3 Å². The predicted molar refractivity (Wildman–Crippen MR) is 77.7 cm³/mol. The number of carbonyl (C=O) groups is 1. The lowest BCUT2D eigenvalue weighted by Gasteiger charge is -2.21. The molecule has 2 aromatic carbocycles. The molecule has 2 N–H and O–H groups in total. The van der Waals surface area contributed by atoms with Crippen LogP contribution < -0.4 is 5.73 Å². The highest BCUT2D eigenvalue weighted by molar-refractivity contribution is 5.95. The van der Waals surface area contributed by atoms with Crippen LogP contribution in [0.3, 0.4) is 0 Å². The van der Waals surface area contributed by atoms with Gasteiger partial charge in [-0.25, -0.2) is 4.39 Å². The van der Waals surface area contributed by atoms with E-state index in [9.17, 15) is 9.18 Å². The van der Waals surface area contributed by atoms with Gasteiger partial charge in [0.2, 0.25) is 0 Å². The highest BCUT2D eigenvalue weighted by Crippen LogP contribution is 2.16. The number of rotatable bonds is 4. The molecular weight excluding hydrogens is 255 g/mol. The van der Waals surface area contributed by atoms with E-state index < -0.39 is 5.82 Å². The molecule has 2 rings (SSSR count). The fourth-order valence-corrected chi connectivity index (χ4v) is 2.01. The monoisotopic (exact) mass is 272 g/mol. The van der Waals surface area contributed by atoms with Crippen molar-refractivity contribution in [2.45, 2.75) is 13.5 Å². The third-order valence-corrected chi connectivity index (χ3v) is 3.11. The summed E-state index contributed by atoms with van der Waals surface area (Å²) in [6.07, 6.45) is 0. The van der Waals surface area contributed by atoms with E-state index in [1.54, 1.807) is 4.90 Å². The molecule has 0 heterocycles. The summed E-state index contributed by atoms with van der Waals surface area (Å²) in [5, 5.41) is 0. The zero-order chi connectivity index (χ0) is 14.5. The molecule has 0 fully saturated rings. The van der Waals surface area contributed by atoms with Gasteiger partial charge in [-0.2, -0.15) is 0 Å². The predicted octanol–water partition coefficient (Wildman–Crippen LogP) is 3.07. The summed E-state index contributed by atoms with van der Waals surface area (Å²) >= 11 is 0. The van der Waals surface area contributed by atoms with Gasteiger partial charge in [-0.3, -0.25) is 4.79 Å². The number of amides is 1. The molecule has 0 bridgehead atoms. The zero-order valence-corrected chi connectivity index (χ0v) is 11.3. The van der Waals surface area contributed by atoms with Gasteiger partial charge in [0.05, 0.1) is 5.56 Å². The normalized spacial score (nSPS) is 10.3. The van der Waals surface area contributed by atoms with Crippen molar-refractivity contribution >= 4 is 11.6 Å². The van der Waals surface area contributed by atoms with Gasteiger partial charge >= 0.3 is 0 Å². The summed E-state index contributed by atoms with van der Waals surface area (Å²) in [6.45, 7) is 2.82. The summed E-state index contributed by atoms with van der Waals surface area (Å²) in [6, 6.07) is 13.7. The van der Waals surface area contributed by atoms with Gasteiger partial charge in [-0.15, -0.1) is 0 Å². The Bertz CT molecular complexity index is 599. The number of benzene rings is 2. The molecule has 0 saturated carbocycles. The zero-order valence-electron chi connectivity index (χ0n) is 11.3. The van der Waals surface area contributed by atoms with E-state index in [0.717, 1.165) is 5.56 Å². The SMILES string of the molecule is CCN(Cc1ccccc1)C(=O)c1cc(N)ccc1F. The van der Waals surface area contributed by atoms with Crippen molar-refractivity contribution < 1.29 is 9.18 Å². The van der Waals surface area contributed by atoms with Crippen LogP contribution >= 0.6 is 0 Å². The highest BCUT2D eigenvalue weighted by atomic mass is 19.1. The molecule has 0 unspecified atom stereocenters. The van der Waals surface area contributed by atoms with Crippen LogP contribution in [0.25, 0.3) is 0 Å². The third-order valence-electron chi connectivity index (χ3n) is 3.11. The first-order valence-corrected chi connectivity index (χ1v) is 6.50. The largest absolute Gasteiger partial charge is 0.399 e. The second-order valence-corrected chi connectivity index (χ2v) is 4.54. The lowest BCUT2D eigenvalue weighted by Crippen LogP contribution is -2.31. The van der Waals surface area contributed by atoms with E-state index in [-0.39, 0.29) is 11.5 Å². The number of carbonyl (C=O) groups excluding carboxylic acids is 1. The number of anilines is 1. The Morgan fingerprint density at radius 1 is 1.20 bits per heavy atom. The van der Waals surface area contributed by atoms with Crippen LogP contribution in [-0.4, -0.2) is 17.4 Å². The van der Waals surface area contributed by atoms with Gasteiger partial charge < -0.3 is 10.6 Å². The molecule has 0 aromatic heterocycles. The van der Waals surface area contributed by atoms with Crippen molar-refractivity contribution in [3.8, 4) is 0 Å². The Labute approximate surface area is 117 Å². The Morgan fingerprint density at radius 3 is 2.55 bits per heavy atom. The van der Waals surface area contributed by atoms with Gasteiger partial charge in [-0.05, 0) is 30.7 Å². The number of nitrogen functional groups attached to an aromatic ring is 1. The minimum absolute atomic E-state index is 0.0165. The van der Waals surface area contributed by atoms with Gasteiger partial charge in [0.25, 0.3) is 5.91 Å². The van der Waals surface area contributed by atoms with E-state index in [0.29, 0.717) is 18.8 Å². The summed E-state index contributed by atoms with van der Waals surface area (Å²) in [5.41, 5.74) is 7.03. The molecule has 20 heavy (non-hydrogen) atoms. The van der Waals surface area contributed by atoms with Crippen LogP contribution in [0.1, 0.15) is 22.8 Å². The molecule has 2 aromatic rings. The van der Waals surface area contributed by atoms with Crippen LogP contribution in [-0.2, 0) is 6.54 Å². The molecule has 0 atom stereocenters. The Balaban J connectivity index is 2.23. The smallest absolute Gasteiger partial charge is 0.257 e. The number of nitrogens with zero attached hydrogens (tertiary/aromatic N) is 1. The summed E-state index contributed by atoms with van der Waals surface area (Å²) in [5.74, 6) is -0.892. The summed E-state index contributed by atoms with van der Waals surface area (Å²) in [7, 11) is 0.